The van der Waals surface area contributed by atoms with Crippen molar-refractivity contribution in [3.05, 3.63) is 72.1 Å². The number of aryl methyl sites for hydroxylation is 1. The van der Waals surface area contributed by atoms with E-state index in [9.17, 15) is 9.59 Å². The molecule has 0 fully saturated rings. The number of para-hydroxylation sites is 1. The van der Waals surface area contributed by atoms with Crippen LogP contribution in [0.25, 0.3) is 0 Å². The normalized spacial score (nSPS) is 12.9. The van der Waals surface area contributed by atoms with Gasteiger partial charge in [0.15, 0.2) is 6.61 Å². The minimum absolute atomic E-state index is 0.124. The van der Waals surface area contributed by atoms with Crippen molar-refractivity contribution < 1.29 is 19.1 Å². The summed E-state index contributed by atoms with van der Waals surface area (Å²) >= 11 is 7.29. The molecule has 0 saturated carbocycles. The summed E-state index contributed by atoms with van der Waals surface area (Å²) in [6.45, 7) is 1.91. The van der Waals surface area contributed by atoms with Gasteiger partial charge in [0.05, 0.1) is 20.2 Å². The maximum atomic E-state index is 13.3. The summed E-state index contributed by atoms with van der Waals surface area (Å²) in [5, 5.41) is 3.74. The van der Waals surface area contributed by atoms with Gasteiger partial charge in [-0.1, -0.05) is 18.2 Å². The second kappa shape index (κ2) is 12.1. The molecule has 0 saturated heterocycles. The zero-order valence-corrected chi connectivity index (χ0v) is 23.7. The first kappa shape index (κ1) is 25.8. The predicted octanol–water partition coefficient (Wildman–Crippen LogP) is 6.94. The Morgan fingerprint density at radius 1 is 1.20 bits per heavy atom. The molecule has 1 aliphatic carbocycles. The number of aliphatic imine (C=N–C) groups is 1. The lowest BCUT2D eigenvalue weighted by Crippen LogP contribution is -2.15. The van der Waals surface area contributed by atoms with Gasteiger partial charge in [0.1, 0.15) is 10.8 Å². The van der Waals surface area contributed by atoms with Crippen molar-refractivity contribution >= 4 is 78.6 Å². The number of hydrogen-bond acceptors (Lipinski definition) is 6. The molecule has 1 amide bonds. The van der Waals surface area contributed by atoms with Gasteiger partial charge >= 0.3 is 5.97 Å². The highest BCUT2D eigenvalue weighted by Gasteiger charge is 2.25. The lowest BCUT2D eigenvalue weighted by molar-refractivity contribution is -0.145. The molecule has 3 aromatic rings. The average molecular weight is 667 g/mol. The molecule has 182 valence electrons. The van der Waals surface area contributed by atoms with Gasteiger partial charge in [-0.3, -0.25) is 4.79 Å². The van der Waals surface area contributed by atoms with Crippen molar-refractivity contribution in [2.45, 2.75) is 32.6 Å². The third-order valence-electron chi connectivity index (χ3n) is 5.40. The van der Waals surface area contributed by atoms with Crippen LogP contribution in [0.5, 0.6) is 5.75 Å². The Bertz CT molecular complexity index is 1240. The van der Waals surface area contributed by atoms with Crippen LogP contribution in [0.1, 0.15) is 46.1 Å². The first-order valence-corrected chi connectivity index (χ1v) is 14.0. The molecule has 35 heavy (non-hydrogen) atoms. The minimum atomic E-state index is -0.413. The molecule has 1 aromatic heterocycles. The lowest BCUT2D eigenvalue weighted by atomic mass is 9.95. The third-order valence-corrected chi connectivity index (χ3v) is 7.99. The number of nitrogens with one attached hydrogen (secondary N) is 1. The second-order valence-corrected chi connectivity index (χ2v) is 11.0. The topological polar surface area (TPSA) is 77.0 Å². The number of halogens is 2. The Kier molecular flexibility index (Phi) is 8.96. The first-order chi connectivity index (χ1) is 17.0. The van der Waals surface area contributed by atoms with E-state index in [1.807, 2.05) is 42.5 Å². The van der Waals surface area contributed by atoms with E-state index in [4.69, 9.17) is 14.5 Å². The number of benzene rings is 2. The molecule has 0 aliphatic heterocycles. The minimum Gasteiger partial charge on any atom is -0.480 e. The van der Waals surface area contributed by atoms with E-state index in [-0.39, 0.29) is 12.5 Å². The van der Waals surface area contributed by atoms with Gasteiger partial charge in [-0.05, 0) is 107 Å². The maximum absolute atomic E-state index is 13.3. The summed E-state index contributed by atoms with van der Waals surface area (Å²) in [5.41, 5.74) is 3.42. The monoisotopic (exact) mass is 666 g/mol. The fourth-order valence-corrected chi connectivity index (χ4v) is 6.85. The Morgan fingerprint density at radius 2 is 1.97 bits per heavy atom. The highest BCUT2D eigenvalue weighted by molar-refractivity contribution is 14.1. The summed E-state index contributed by atoms with van der Waals surface area (Å²) in [7, 11) is 0. The van der Waals surface area contributed by atoms with Crippen LogP contribution in [0.4, 0.5) is 10.7 Å². The quantitative estimate of drug-likeness (QED) is 0.161. The highest BCUT2D eigenvalue weighted by atomic mass is 127. The van der Waals surface area contributed by atoms with E-state index >= 15 is 0 Å². The molecule has 0 bridgehead atoms. The number of carbonyl (C=O) groups is 2. The van der Waals surface area contributed by atoms with E-state index in [1.165, 1.54) is 4.88 Å². The molecule has 1 N–H and O–H groups in total. The fraction of sp³-hybridized carbons (Fsp3) is 0.269. The number of nitrogens with zero attached hydrogens (tertiary/aromatic N) is 1. The zero-order chi connectivity index (χ0) is 24.8. The van der Waals surface area contributed by atoms with Crippen molar-refractivity contribution in [2.75, 3.05) is 18.5 Å². The van der Waals surface area contributed by atoms with E-state index < -0.39 is 5.97 Å². The van der Waals surface area contributed by atoms with Crippen molar-refractivity contribution in [3.8, 4) is 5.75 Å². The third kappa shape index (κ3) is 6.50. The number of carbonyl (C=O) groups excluding carboxylic acids is 2. The highest BCUT2D eigenvalue weighted by Crippen LogP contribution is 2.40. The van der Waals surface area contributed by atoms with Crippen LogP contribution in [0.2, 0.25) is 0 Å². The summed E-state index contributed by atoms with van der Waals surface area (Å²) in [6.07, 6.45) is 5.86. The number of ether oxygens (including phenoxy) is 2. The SMILES string of the molecule is CCOC(=O)COc1c(Br)cc(C=Nc2sc3c(c2C(=O)Nc2ccccc2)CCCC3)cc1I. The summed E-state index contributed by atoms with van der Waals surface area (Å²) in [6, 6.07) is 13.3. The molecule has 6 nitrogen and oxygen atoms in total. The van der Waals surface area contributed by atoms with E-state index in [0.717, 1.165) is 51.1 Å². The molecule has 0 radical (unpaired) electrons. The van der Waals surface area contributed by atoms with Crippen molar-refractivity contribution in [1.82, 2.24) is 0 Å². The van der Waals surface area contributed by atoms with Gasteiger partial charge in [0, 0.05) is 16.8 Å². The van der Waals surface area contributed by atoms with Gasteiger partial charge in [0.25, 0.3) is 5.91 Å². The number of esters is 1. The van der Waals surface area contributed by atoms with Gasteiger partial charge in [-0.25, -0.2) is 9.79 Å². The van der Waals surface area contributed by atoms with Gasteiger partial charge in [0.2, 0.25) is 0 Å². The van der Waals surface area contributed by atoms with Crippen LogP contribution in [-0.2, 0) is 22.4 Å². The van der Waals surface area contributed by atoms with Crippen LogP contribution in [0, 0.1) is 3.57 Å². The molecular weight excluding hydrogens is 643 g/mol. The van der Waals surface area contributed by atoms with Crippen LogP contribution < -0.4 is 10.1 Å². The Morgan fingerprint density at radius 3 is 2.71 bits per heavy atom. The smallest absolute Gasteiger partial charge is 0.344 e. The van der Waals surface area contributed by atoms with Crippen LogP contribution in [0.3, 0.4) is 0 Å². The average Bonchev–Trinajstić information content (AvgIpc) is 3.21. The van der Waals surface area contributed by atoms with E-state index in [0.29, 0.717) is 22.4 Å². The number of rotatable bonds is 8. The molecule has 0 unspecified atom stereocenters. The summed E-state index contributed by atoms with van der Waals surface area (Å²) in [4.78, 5) is 30.9. The molecule has 9 heteroatoms. The number of fused-ring (bicyclic) bond motifs is 1. The largest absolute Gasteiger partial charge is 0.480 e. The molecule has 2 aromatic carbocycles. The van der Waals surface area contributed by atoms with Crippen LogP contribution in [0.15, 0.2) is 51.9 Å². The Hall–Kier alpha value is -2.24. The van der Waals surface area contributed by atoms with E-state index in [2.05, 4.69) is 43.8 Å². The van der Waals surface area contributed by atoms with Crippen molar-refractivity contribution in [1.29, 1.82) is 0 Å². The van der Waals surface area contributed by atoms with Crippen molar-refractivity contribution in [2.24, 2.45) is 4.99 Å². The Labute approximate surface area is 230 Å². The lowest BCUT2D eigenvalue weighted by Gasteiger charge is -2.12. The first-order valence-electron chi connectivity index (χ1n) is 11.3. The number of thiophene rings is 1. The predicted molar refractivity (Wildman–Crippen MR) is 152 cm³/mol. The fourth-order valence-electron chi connectivity index (χ4n) is 3.85. The number of amides is 1. The second-order valence-electron chi connectivity index (χ2n) is 7.88. The zero-order valence-electron chi connectivity index (χ0n) is 19.1. The molecule has 1 aliphatic rings. The molecule has 0 spiro atoms. The van der Waals surface area contributed by atoms with Gasteiger partial charge in [-0.15, -0.1) is 11.3 Å². The van der Waals surface area contributed by atoms with Crippen LogP contribution in [-0.4, -0.2) is 31.3 Å². The van der Waals surface area contributed by atoms with Crippen LogP contribution >= 0.6 is 49.9 Å². The van der Waals surface area contributed by atoms with Gasteiger partial charge in [-0.2, -0.15) is 0 Å². The maximum Gasteiger partial charge on any atom is 0.344 e. The molecule has 1 heterocycles. The molecule has 0 atom stereocenters. The number of anilines is 1. The summed E-state index contributed by atoms with van der Waals surface area (Å²) < 4.78 is 12.1. The number of hydrogen-bond donors (Lipinski definition) is 1. The molecule has 4 rings (SSSR count). The van der Waals surface area contributed by atoms with E-state index in [1.54, 1.807) is 24.5 Å². The summed E-state index contributed by atoms with van der Waals surface area (Å²) in [5.74, 6) is 0.0374. The van der Waals surface area contributed by atoms with Gasteiger partial charge < -0.3 is 14.8 Å². The molecular formula is C26H24BrIN2O4S. The standard InChI is InChI=1S/C26H24BrIN2O4S/c1-2-33-22(31)15-34-24-19(27)12-16(13-20(24)28)14-29-26-23(18-10-6-7-11-21(18)35-26)25(32)30-17-8-4-3-5-9-17/h3-5,8-9,12-14H,2,6-7,10-11,15H2,1H3,(H,30,32). The Balaban J connectivity index is 1.58. The van der Waals surface area contributed by atoms with Crippen molar-refractivity contribution in [3.63, 3.8) is 0 Å².